The number of carboxylic acids is 1. The summed E-state index contributed by atoms with van der Waals surface area (Å²) in [5, 5.41) is 9.23. The van der Waals surface area contributed by atoms with Crippen molar-refractivity contribution in [3.05, 3.63) is 90.0 Å². The molecule has 1 heterocycles. The molecule has 0 aliphatic rings. The first-order valence-corrected chi connectivity index (χ1v) is 11.8. The van der Waals surface area contributed by atoms with Crippen LogP contribution < -0.4 is 9.47 Å². The van der Waals surface area contributed by atoms with Gasteiger partial charge in [0.05, 0.1) is 19.8 Å². The number of carboxylic acid groups (broad SMARTS) is 1. The Balaban J connectivity index is 1.73. The number of rotatable bonds is 8. The van der Waals surface area contributed by atoms with Crippen LogP contribution >= 0.6 is 23.1 Å². The van der Waals surface area contributed by atoms with Gasteiger partial charge in [-0.05, 0) is 65.2 Å². The van der Waals surface area contributed by atoms with Crippen molar-refractivity contribution in [2.75, 3.05) is 14.2 Å². The Kier molecular flexibility index (Phi) is 6.83. The topological polar surface area (TPSA) is 55.8 Å². The van der Waals surface area contributed by atoms with E-state index in [2.05, 4.69) is 18.2 Å². The van der Waals surface area contributed by atoms with Gasteiger partial charge in [0.2, 0.25) is 0 Å². The minimum atomic E-state index is -0.923. The minimum absolute atomic E-state index is 0.283. The van der Waals surface area contributed by atoms with Gasteiger partial charge < -0.3 is 14.6 Å². The van der Waals surface area contributed by atoms with Crippen molar-refractivity contribution >= 4 is 29.1 Å². The Labute approximate surface area is 195 Å². The lowest BCUT2D eigenvalue weighted by atomic mass is 10.1. The van der Waals surface area contributed by atoms with Crippen LogP contribution in [0.1, 0.15) is 15.9 Å². The molecule has 0 aliphatic heterocycles. The molecule has 0 radical (unpaired) electrons. The number of ether oxygens (including phenoxy) is 2. The zero-order chi connectivity index (χ0) is 22.5. The van der Waals surface area contributed by atoms with E-state index in [4.69, 9.17) is 9.47 Å². The number of thioether (sulfide) groups is 1. The number of thiophene rings is 1. The first kappa shape index (κ1) is 22.0. The number of hydrogen-bond acceptors (Lipinski definition) is 5. The van der Waals surface area contributed by atoms with Gasteiger partial charge in [0.15, 0.2) is 11.5 Å². The van der Waals surface area contributed by atoms with Crippen LogP contribution in [0.25, 0.3) is 20.9 Å². The van der Waals surface area contributed by atoms with Crippen molar-refractivity contribution in [2.24, 2.45) is 0 Å². The van der Waals surface area contributed by atoms with Crippen LogP contribution in [0.4, 0.5) is 0 Å². The molecule has 0 saturated carbocycles. The average Bonchev–Trinajstić information content (AvgIpc) is 3.27. The Morgan fingerprint density at radius 3 is 2.22 bits per heavy atom. The van der Waals surface area contributed by atoms with E-state index in [1.54, 1.807) is 49.5 Å². The van der Waals surface area contributed by atoms with Gasteiger partial charge in [-0.1, -0.05) is 30.3 Å². The molecule has 0 saturated heterocycles. The second-order valence-corrected chi connectivity index (χ2v) is 9.12. The number of carbonyl (C=O) groups is 1. The highest BCUT2D eigenvalue weighted by Gasteiger charge is 2.15. The highest BCUT2D eigenvalue weighted by molar-refractivity contribution is 7.98. The summed E-state index contributed by atoms with van der Waals surface area (Å²) < 4.78 is 10.9. The van der Waals surface area contributed by atoms with E-state index in [1.807, 2.05) is 48.5 Å². The van der Waals surface area contributed by atoms with Crippen molar-refractivity contribution < 1.29 is 19.4 Å². The van der Waals surface area contributed by atoms with Crippen molar-refractivity contribution in [3.63, 3.8) is 0 Å². The van der Waals surface area contributed by atoms with Gasteiger partial charge in [-0.25, -0.2) is 4.79 Å². The van der Waals surface area contributed by atoms with E-state index >= 15 is 0 Å². The van der Waals surface area contributed by atoms with Crippen molar-refractivity contribution in [1.82, 2.24) is 0 Å². The van der Waals surface area contributed by atoms with Gasteiger partial charge in [0.1, 0.15) is 0 Å². The molecule has 4 aromatic rings. The Hall–Kier alpha value is -3.22. The quantitative estimate of drug-likeness (QED) is 0.283. The Morgan fingerprint density at radius 2 is 1.56 bits per heavy atom. The summed E-state index contributed by atoms with van der Waals surface area (Å²) in [6.45, 7) is 0. The van der Waals surface area contributed by atoms with Crippen molar-refractivity contribution in [1.29, 1.82) is 0 Å². The molecule has 32 heavy (non-hydrogen) atoms. The second kappa shape index (κ2) is 9.94. The van der Waals surface area contributed by atoms with Crippen LogP contribution in [-0.4, -0.2) is 25.3 Å². The fourth-order valence-corrected chi connectivity index (χ4v) is 5.53. The second-order valence-electron chi connectivity index (χ2n) is 7.02. The molecule has 0 spiro atoms. The molecule has 4 rings (SSSR count). The van der Waals surface area contributed by atoms with Crippen molar-refractivity contribution in [2.45, 2.75) is 10.6 Å². The molecule has 0 aliphatic carbocycles. The molecular weight excluding hydrogens is 440 g/mol. The summed E-state index contributed by atoms with van der Waals surface area (Å²) >= 11 is 3.47. The van der Waals surface area contributed by atoms with E-state index in [-0.39, 0.29) is 5.56 Å². The molecule has 1 aromatic heterocycles. The summed E-state index contributed by atoms with van der Waals surface area (Å²) in [6.07, 6.45) is 0. The fraction of sp³-hybridized carbons (Fsp3) is 0.115. The summed E-state index contributed by atoms with van der Waals surface area (Å²) in [7, 11) is 3.26. The zero-order valence-corrected chi connectivity index (χ0v) is 19.3. The van der Waals surface area contributed by atoms with Crippen LogP contribution in [0.2, 0.25) is 0 Å². The number of aromatic carboxylic acids is 1. The largest absolute Gasteiger partial charge is 0.493 e. The maximum absolute atomic E-state index is 11.3. The van der Waals surface area contributed by atoms with Crippen LogP contribution in [-0.2, 0) is 5.75 Å². The van der Waals surface area contributed by atoms with E-state index in [9.17, 15) is 9.90 Å². The summed E-state index contributed by atoms with van der Waals surface area (Å²) in [6, 6.07) is 25.5. The molecule has 3 aromatic carbocycles. The van der Waals surface area contributed by atoms with Gasteiger partial charge in [-0.15, -0.1) is 23.1 Å². The summed E-state index contributed by atoms with van der Waals surface area (Å²) in [5.74, 6) is 1.26. The molecule has 6 heteroatoms. The predicted molar refractivity (Wildman–Crippen MR) is 131 cm³/mol. The van der Waals surface area contributed by atoms with E-state index in [1.165, 1.54) is 10.5 Å². The molecule has 0 amide bonds. The highest BCUT2D eigenvalue weighted by atomic mass is 32.2. The third-order valence-corrected chi connectivity index (χ3v) is 7.34. The first-order chi connectivity index (χ1) is 15.6. The van der Waals surface area contributed by atoms with Crippen molar-refractivity contribution in [3.8, 4) is 32.4 Å². The molecule has 0 fully saturated rings. The lowest BCUT2D eigenvalue weighted by Crippen LogP contribution is -1.94. The molecule has 162 valence electrons. The van der Waals surface area contributed by atoms with Gasteiger partial charge in [0, 0.05) is 20.4 Å². The maximum Gasteiger partial charge on any atom is 0.335 e. The third-order valence-electron chi connectivity index (χ3n) is 5.01. The number of hydrogen-bond donors (Lipinski definition) is 1. The number of benzene rings is 3. The SMILES string of the molecule is COc1ccc(-c2cc(CSc3ccccc3)c(-c3ccc(C(=O)O)cc3)s2)cc1OC. The molecule has 1 N–H and O–H groups in total. The lowest BCUT2D eigenvalue weighted by Gasteiger charge is -2.08. The van der Waals surface area contributed by atoms with E-state index in [0.717, 1.165) is 26.6 Å². The van der Waals surface area contributed by atoms with Gasteiger partial charge in [0.25, 0.3) is 0 Å². The third kappa shape index (κ3) is 4.82. The van der Waals surface area contributed by atoms with Gasteiger partial charge in [-0.3, -0.25) is 0 Å². The fourth-order valence-electron chi connectivity index (χ4n) is 3.35. The van der Waals surface area contributed by atoms with Crippen LogP contribution in [0.3, 0.4) is 0 Å². The van der Waals surface area contributed by atoms with E-state index < -0.39 is 5.97 Å². The first-order valence-electron chi connectivity index (χ1n) is 9.95. The smallest absolute Gasteiger partial charge is 0.335 e. The maximum atomic E-state index is 11.3. The van der Waals surface area contributed by atoms with Gasteiger partial charge >= 0.3 is 5.97 Å². The molecular formula is C26H22O4S2. The Morgan fingerprint density at radius 1 is 0.875 bits per heavy atom. The van der Waals surface area contributed by atoms with Crippen LogP contribution in [0.15, 0.2) is 83.8 Å². The normalized spacial score (nSPS) is 10.7. The zero-order valence-electron chi connectivity index (χ0n) is 17.7. The Bertz CT molecular complexity index is 1210. The lowest BCUT2D eigenvalue weighted by molar-refractivity contribution is 0.0697. The summed E-state index contributed by atoms with van der Waals surface area (Å²) in [4.78, 5) is 14.7. The monoisotopic (exact) mass is 462 g/mol. The number of methoxy groups -OCH3 is 2. The minimum Gasteiger partial charge on any atom is -0.493 e. The predicted octanol–water partition coefficient (Wildman–Crippen LogP) is 7.09. The highest BCUT2D eigenvalue weighted by Crippen LogP contribution is 2.42. The van der Waals surface area contributed by atoms with Crippen LogP contribution in [0.5, 0.6) is 11.5 Å². The summed E-state index contributed by atoms with van der Waals surface area (Å²) in [5.41, 5.74) is 3.55. The molecule has 0 atom stereocenters. The van der Waals surface area contributed by atoms with Crippen LogP contribution in [0, 0.1) is 0 Å². The molecule has 0 unspecified atom stereocenters. The standard InChI is InChI=1S/C26H22O4S2/c1-29-22-13-12-19(14-23(22)30-2)24-15-20(16-31-21-6-4-3-5-7-21)25(32-24)17-8-10-18(11-9-17)26(27)28/h3-15H,16H2,1-2H3,(H,27,28). The van der Waals surface area contributed by atoms with Gasteiger partial charge in [-0.2, -0.15) is 0 Å². The van der Waals surface area contributed by atoms with E-state index in [0.29, 0.717) is 11.5 Å². The molecule has 4 nitrogen and oxygen atoms in total. The molecule has 0 bridgehead atoms. The average molecular weight is 463 g/mol.